The topological polar surface area (TPSA) is 101 Å². The van der Waals surface area contributed by atoms with Crippen molar-refractivity contribution in [1.29, 1.82) is 0 Å². The van der Waals surface area contributed by atoms with E-state index in [0.29, 0.717) is 0 Å². The summed E-state index contributed by atoms with van der Waals surface area (Å²) in [5.41, 5.74) is 0. The minimum Gasteiger partial charge on any atom is -0.394 e. The zero-order valence-corrected chi connectivity index (χ0v) is 5.38. The van der Waals surface area contributed by atoms with Gasteiger partial charge in [-0.25, -0.2) is 0 Å². The Hall–Kier alpha value is -0.200. The highest BCUT2D eigenvalue weighted by atomic mass is 16.5. The average Bonchev–Trinajstić information content (AvgIpc) is 1.85. The third-order valence-corrected chi connectivity index (χ3v) is 1.08. The molecule has 0 saturated carbocycles. The Morgan fingerprint density at radius 1 is 0.900 bits per heavy atom. The first-order valence-electron chi connectivity index (χ1n) is 2.91. The van der Waals surface area contributed by atoms with E-state index >= 15 is 0 Å². The summed E-state index contributed by atoms with van der Waals surface area (Å²) in [6, 6.07) is 0. The van der Waals surface area contributed by atoms with Crippen LogP contribution < -0.4 is 0 Å². The monoisotopic (exact) mass is 152 g/mol. The first kappa shape index (κ1) is 9.80. The molecule has 0 amide bonds. The number of aliphatic hydroxyl groups excluding tert-OH is 4. The minimum atomic E-state index is -1.66. The molecule has 5 nitrogen and oxygen atoms in total. The fraction of sp³-hybridized carbons (Fsp3) is 1.00. The molecule has 5 heteroatoms. The maximum atomic E-state index is 8.76. The van der Waals surface area contributed by atoms with Crippen molar-refractivity contribution in [3.63, 3.8) is 0 Å². The molecule has 10 heavy (non-hydrogen) atoms. The lowest BCUT2D eigenvalue weighted by molar-refractivity contribution is -0.0991. The fourth-order valence-corrected chi connectivity index (χ4v) is 0.495. The molecule has 0 rings (SSSR count). The summed E-state index contributed by atoms with van der Waals surface area (Å²) in [5, 5.41) is 42.2. The van der Waals surface area contributed by atoms with Crippen molar-refractivity contribution in [2.45, 2.75) is 24.9 Å². The number of aliphatic hydroxyl groups is 5. The molecule has 0 unspecified atom stereocenters. The lowest BCUT2D eigenvalue weighted by Crippen LogP contribution is -2.32. The molecule has 0 fully saturated rings. The van der Waals surface area contributed by atoms with Crippen molar-refractivity contribution in [2.24, 2.45) is 0 Å². The van der Waals surface area contributed by atoms with Crippen molar-refractivity contribution in [1.82, 2.24) is 0 Å². The van der Waals surface area contributed by atoms with Gasteiger partial charge in [0.15, 0.2) is 6.29 Å². The molecule has 0 saturated heterocycles. The Morgan fingerprint density at radius 3 is 1.70 bits per heavy atom. The molecule has 0 spiro atoms. The maximum Gasteiger partial charge on any atom is 0.154 e. The lowest BCUT2D eigenvalue weighted by Gasteiger charge is -2.15. The van der Waals surface area contributed by atoms with Crippen molar-refractivity contribution < 1.29 is 25.5 Å². The molecule has 5 N–H and O–H groups in total. The third kappa shape index (κ3) is 3.76. The molecule has 0 aromatic rings. The second kappa shape index (κ2) is 4.59. The first-order chi connectivity index (χ1) is 4.57. The van der Waals surface area contributed by atoms with Crippen molar-refractivity contribution in [3.05, 3.63) is 0 Å². The van der Waals surface area contributed by atoms with Crippen LogP contribution in [0.1, 0.15) is 6.42 Å². The van der Waals surface area contributed by atoms with Crippen LogP contribution in [0.5, 0.6) is 0 Å². The minimum absolute atomic E-state index is 0.359. The van der Waals surface area contributed by atoms with E-state index in [-0.39, 0.29) is 6.42 Å². The Balaban J connectivity index is 3.50. The normalized spacial score (nSPS) is 17.4. The average molecular weight is 152 g/mol. The molecular formula is C5H12O5. The molecule has 2 atom stereocenters. The Morgan fingerprint density at radius 2 is 1.40 bits per heavy atom. The summed E-state index contributed by atoms with van der Waals surface area (Å²) in [5.74, 6) is 0. The number of rotatable bonds is 4. The predicted octanol–water partition coefficient (Wildman–Crippen LogP) is -2.60. The van der Waals surface area contributed by atoms with E-state index in [4.69, 9.17) is 25.5 Å². The van der Waals surface area contributed by atoms with Crippen LogP contribution in [0.15, 0.2) is 0 Å². The van der Waals surface area contributed by atoms with Gasteiger partial charge in [0.2, 0.25) is 0 Å². The van der Waals surface area contributed by atoms with Crippen molar-refractivity contribution >= 4 is 0 Å². The van der Waals surface area contributed by atoms with Crippen LogP contribution >= 0.6 is 0 Å². The lowest BCUT2D eigenvalue weighted by atomic mass is 10.1. The van der Waals surface area contributed by atoms with Gasteiger partial charge in [-0.3, -0.25) is 0 Å². The quantitative estimate of drug-likeness (QED) is 0.284. The van der Waals surface area contributed by atoms with Crippen molar-refractivity contribution in [3.8, 4) is 0 Å². The maximum absolute atomic E-state index is 8.76. The third-order valence-electron chi connectivity index (χ3n) is 1.08. The standard InChI is InChI=1S/C5H12O5/c6-2-4(8)3(7)1-5(9)10/h3-10H,1-2H2/t3-,4+/m0/s1. The molecule has 0 aliphatic carbocycles. The molecule has 0 aliphatic heterocycles. The second-order valence-corrected chi connectivity index (χ2v) is 2.03. The van der Waals surface area contributed by atoms with Gasteiger partial charge >= 0.3 is 0 Å². The number of hydrogen-bond donors (Lipinski definition) is 5. The van der Waals surface area contributed by atoms with Crippen LogP contribution in [-0.2, 0) is 0 Å². The van der Waals surface area contributed by atoms with E-state index in [1.165, 1.54) is 0 Å². The SMILES string of the molecule is OC[C@@H](O)[C@@H](O)CC(O)O. The van der Waals surface area contributed by atoms with E-state index < -0.39 is 25.1 Å². The summed E-state index contributed by atoms with van der Waals surface area (Å²) in [4.78, 5) is 0. The summed E-state index contributed by atoms with van der Waals surface area (Å²) in [6.45, 7) is -0.589. The molecule has 62 valence electrons. The van der Waals surface area contributed by atoms with Gasteiger partial charge in [-0.2, -0.15) is 0 Å². The Kier molecular flexibility index (Phi) is 4.50. The first-order valence-corrected chi connectivity index (χ1v) is 2.91. The van der Waals surface area contributed by atoms with E-state index in [9.17, 15) is 0 Å². The van der Waals surface area contributed by atoms with E-state index in [1.54, 1.807) is 0 Å². The molecule has 0 heterocycles. The van der Waals surface area contributed by atoms with Gasteiger partial charge in [0.05, 0.1) is 12.7 Å². The molecule has 0 aliphatic rings. The second-order valence-electron chi connectivity index (χ2n) is 2.03. The summed E-state index contributed by atoms with van der Waals surface area (Å²) >= 11 is 0. The van der Waals surface area contributed by atoms with Crippen LogP contribution in [0.4, 0.5) is 0 Å². The van der Waals surface area contributed by atoms with Gasteiger partial charge in [0, 0.05) is 6.42 Å². The summed E-state index contributed by atoms with van der Waals surface area (Å²) < 4.78 is 0. The van der Waals surface area contributed by atoms with Gasteiger partial charge in [-0.1, -0.05) is 0 Å². The summed E-state index contributed by atoms with van der Waals surface area (Å²) in [6.07, 6.45) is -4.61. The van der Waals surface area contributed by atoms with Gasteiger partial charge in [0.25, 0.3) is 0 Å². The van der Waals surface area contributed by atoms with Gasteiger partial charge in [0.1, 0.15) is 6.10 Å². The Bertz CT molecular complexity index is 84.1. The van der Waals surface area contributed by atoms with Crippen LogP contribution in [0.2, 0.25) is 0 Å². The van der Waals surface area contributed by atoms with E-state index in [0.717, 1.165) is 0 Å². The van der Waals surface area contributed by atoms with Crippen LogP contribution in [0, 0.1) is 0 Å². The predicted molar refractivity (Wildman–Crippen MR) is 31.9 cm³/mol. The highest BCUT2D eigenvalue weighted by Crippen LogP contribution is 2.00. The fourth-order valence-electron chi connectivity index (χ4n) is 0.495. The molecular weight excluding hydrogens is 140 g/mol. The summed E-state index contributed by atoms with van der Waals surface area (Å²) in [7, 11) is 0. The molecule has 0 bridgehead atoms. The van der Waals surface area contributed by atoms with Gasteiger partial charge < -0.3 is 25.5 Å². The highest BCUT2D eigenvalue weighted by molar-refractivity contribution is 4.65. The van der Waals surface area contributed by atoms with Crippen molar-refractivity contribution in [2.75, 3.05) is 6.61 Å². The molecule has 0 aromatic carbocycles. The zero-order chi connectivity index (χ0) is 8.15. The molecule has 0 aromatic heterocycles. The van der Waals surface area contributed by atoms with E-state index in [1.807, 2.05) is 0 Å². The van der Waals surface area contributed by atoms with Gasteiger partial charge in [-0.15, -0.1) is 0 Å². The van der Waals surface area contributed by atoms with Gasteiger partial charge in [-0.05, 0) is 0 Å². The van der Waals surface area contributed by atoms with Crippen LogP contribution in [-0.4, -0.2) is 50.6 Å². The zero-order valence-electron chi connectivity index (χ0n) is 5.38. The number of hydrogen-bond acceptors (Lipinski definition) is 5. The Labute approximate surface area is 58.2 Å². The van der Waals surface area contributed by atoms with Crippen LogP contribution in [0.25, 0.3) is 0 Å². The highest BCUT2D eigenvalue weighted by Gasteiger charge is 2.17. The molecule has 0 radical (unpaired) electrons. The smallest absolute Gasteiger partial charge is 0.154 e. The largest absolute Gasteiger partial charge is 0.394 e. The van der Waals surface area contributed by atoms with E-state index in [2.05, 4.69) is 0 Å². The van der Waals surface area contributed by atoms with Crippen LogP contribution in [0.3, 0.4) is 0 Å².